The Bertz CT molecular complexity index is 196. The van der Waals surface area contributed by atoms with Crippen LogP contribution in [0.25, 0.3) is 0 Å². The van der Waals surface area contributed by atoms with Gasteiger partial charge in [0, 0.05) is 24.8 Å². The van der Waals surface area contributed by atoms with E-state index in [2.05, 4.69) is 22.9 Å². The lowest BCUT2D eigenvalue weighted by Gasteiger charge is -2.34. The first kappa shape index (κ1) is 12.0. The van der Waals surface area contributed by atoms with Crippen LogP contribution in [-0.4, -0.2) is 29.2 Å². The Morgan fingerprint density at radius 2 is 2.21 bits per heavy atom. The largest absolute Gasteiger partial charge is 0.343 e. The Balaban J connectivity index is 2.42. The van der Waals surface area contributed by atoms with Crippen LogP contribution in [-0.2, 0) is 4.79 Å². The SMILES string of the molecule is CC1CCCC(N(C)C(=O)CCBr)C1. The Morgan fingerprint density at radius 1 is 1.50 bits per heavy atom. The van der Waals surface area contributed by atoms with Crippen molar-refractivity contribution >= 4 is 21.8 Å². The van der Waals surface area contributed by atoms with Crippen LogP contribution < -0.4 is 0 Å². The normalized spacial score (nSPS) is 27.4. The average molecular weight is 262 g/mol. The Kier molecular flexibility index (Phi) is 4.93. The Hall–Kier alpha value is -0.0500. The fourth-order valence-electron chi connectivity index (χ4n) is 2.21. The number of carbonyl (C=O) groups excluding carboxylic acids is 1. The summed E-state index contributed by atoms with van der Waals surface area (Å²) in [6, 6.07) is 0.491. The van der Waals surface area contributed by atoms with Crippen molar-refractivity contribution in [2.24, 2.45) is 5.92 Å². The third-order valence-corrected chi connectivity index (χ3v) is 3.55. The minimum atomic E-state index is 0.279. The molecule has 82 valence electrons. The number of nitrogens with zero attached hydrogens (tertiary/aromatic N) is 1. The summed E-state index contributed by atoms with van der Waals surface area (Å²) >= 11 is 3.31. The number of halogens is 1. The van der Waals surface area contributed by atoms with Gasteiger partial charge in [-0.3, -0.25) is 4.79 Å². The molecule has 0 saturated heterocycles. The van der Waals surface area contributed by atoms with E-state index in [9.17, 15) is 4.79 Å². The third kappa shape index (κ3) is 3.26. The molecule has 1 saturated carbocycles. The van der Waals surface area contributed by atoms with Gasteiger partial charge in [0.1, 0.15) is 0 Å². The van der Waals surface area contributed by atoms with Gasteiger partial charge in [0.2, 0.25) is 5.91 Å². The van der Waals surface area contributed by atoms with Crippen molar-refractivity contribution < 1.29 is 4.79 Å². The van der Waals surface area contributed by atoms with E-state index >= 15 is 0 Å². The maximum Gasteiger partial charge on any atom is 0.223 e. The molecular formula is C11H20BrNO. The van der Waals surface area contributed by atoms with E-state index in [0.29, 0.717) is 12.5 Å². The Morgan fingerprint density at radius 3 is 2.79 bits per heavy atom. The topological polar surface area (TPSA) is 20.3 Å². The van der Waals surface area contributed by atoms with Gasteiger partial charge < -0.3 is 4.90 Å². The molecule has 0 aromatic heterocycles. The maximum absolute atomic E-state index is 11.6. The zero-order valence-corrected chi connectivity index (χ0v) is 10.7. The van der Waals surface area contributed by atoms with Gasteiger partial charge in [0.25, 0.3) is 0 Å². The molecule has 0 radical (unpaired) electrons. The van der Waals surface area contributed by atoms with Crippen LogP contribution in [0.2, 0.25) is 0 Å². The molecule has 1 amide bonds. The van der Waals surface area contributed by atoms with Gasteiger partial charge in [-0.1, -0.05) is 35.7 Å². The number of hydrogen-bond acceptors (Lipinski definition) is 1. The lowest BCUT2D eigenvalue weighted by molar-refractivity contribution is -0.132. The van der Waals surface area contributed by atoms with Gasteiger partial charge >= 0.3 is 0 Å². The molecule has 3 heteroatoms. The van der Waals surface area contributed by atoms with Gasteiger partial charge in [-0.15, -0.1) is 0 Å². The van der Waals surface area contributed by atoms with E-state index < -0.39 is 0 Å². The van der Waals surface area contributed by atoms with Crippen molar-refractivity contribution in [3.8, 4) is 0 Å². The fourth-order valence-corrected chi connectivity index (χ4v) is 2.55. The molecule has 14 heavy (non-hydrogen) atoms. The second-order valence-corrected chi connectivity index (χ2v) is 5.16. The molecule has 0 spiro atoms. The quantitative estimate of drug-likeness (QED) is 0.716. The zero-order valence-electron chi connectivity index (χ0n) is 9.13. The highest BCUT2D eigenvalue weighted by atomic mass is 79.9. The van der Waals surface area contributed by atoms with Crippen LogP contribution in [0.4, 0.5) is 0 Å². The second-order valence-electron chi connectivity index (χ2n) is 4.37. The predicted molar refractivity (Wildman–Crippen MR) is 62.6 cm³/mol. The van der Waals surface area contributed by atoms with E-state index in [1.807, 2.05) is 11.9 Å². The van der Waals surface area contributed by atoms with Crippen molar-refractivity contribution in [2.45, 2.75) is 45.1 Å². The van der Waals surface area contributed by atoms with Gasteiger partial charge in [0.15, 0.2) is 0 Å². The number of rotatable bonds is 3. The predicted octanol–water partition coefficient (Wildman–Crippen LogP) is 2.81. The summed E-state index contributed by atoms with van der Waals surface area (Å²) in [5, 5.41) is 0.776. The molecular weight excluding hydrogens is 242 g/mol. The van der Waals surface area contributed by atoms with Crippen molar-refractivity contribution in [1.82, 2.24) is 4.90 Å². The summed E-state index contributed by atoms with van der Waals surface area (Å²) in [4.78, 5) is 13.6. The van der Waals surface area contributed by atoms with Crippen molar-refractivity contribution in [3.05, 3.63) is 0 Å². The molecule has 0 N–H and O–H groups in total. The lowest BCUT2D eigenvalue weighted by atomic mass is 9.86. The van der Waals surface area contributed by atoms with E-state index in [1.165, 1.54) is 25.7 Å². The molecule has 0 bridgehead atoms. The molecule has 1 aliphatic rings. The zero-order chi connectivity index (χ0) is 10.6. The first-order valence-electron chi connectivity index (χ1n) is 5.46. The molecule has 1 fully saturated rings. The van der Waals surface area contributed by atoms with Gasteiger partial charge in [-0.2, -0.15) is 0 Å². The highest BCUT2D eigenvalue weighted by molar-refractivity contribution is 9.09. The number of carbonyl (C=O) groups is 1. The molecule has 2 atom stereocenters. The third-order valence-electron chi connectivity index (χ3n) is 3.16. The average Bonchev–Trinajstić information content (AvgIpc) is 2.17. The number of amides is 1. The van der Waals surface area contributed by atoms with Crippen LogP contribution in [0.1, 0.15) is 39.0 Å². The second kappa shape index (κ2) is 5.74. The molecule has 0 aliphatic heterocycles. The molecule has 1 rings (SSSR count). The number of hydrogen-bond donors (Lipinski definition) is 0. The highest BCUT2D eigenvalue weighted by Gasteiger charge is 2.24. The van der Waals surface area contributed by atoms with Crippen molar-refractivity contribution in [3.63, 3.8) is 0 Å². The molecule has 2 unspecified atom stereocenters. The summed E-state index contributed by atoms with van der Waals surface area (Å²) in [5.41, 5.74) is 0. The molecule has 2 nitrogen and oxygen atoms in total. The van der Waals surface area contributed by atoms with Gasteiger partial charge in [0.05, 0.1) is 0 Å². The van der Waals surface area contributed by atoms with E-state index in [-0.39, 0.29) is 5.91 Å². The summed E-state index contributed by atoms with van der Waals surface area (Å²) in [7, 11) is 1.95. The van der Waals surface area contributed by atoms with E-state index in [1.54, 1.807) is 0 Å². The molecule has 0 heterocycles. The molecule has 0 aromatic rings. The monoisotopic (exact) mass is 261 g/mol. The minimum Gasteiger partial charge on any atom is -0.343 e. The highest BCUT2D eigenvalue weighted by Crippen LogP contribution is 2.26. The van der Waals surface area contributed by atoms with Crippen LogP contribution in [0, 0.1) is 5.92 Å². The summed E-state index contributed by atoms with van der Waals surface area (Å²) in [6.07, 6.45) is 5.61. The number of alkyl halides is 1. The Labute approximate surface area is 95.2 Å². The lowest BCUT2D eigenvalue weighted by Crippen LogP contribution is -2.39. The summed E-state index contributed by atoms with van der Waals surface area (Å²) in [6.45, 7) is 2.29. The van der Waals surface area contributed by atoms with Gasteiger partial charge in [-0.25, -0.2) is 0 Å². The standard InChI is InChI=1S/C11H20BrNO/c1-9-4-3-5-10(8-9)13(2)11(14)6-7-12/h9-10H,3-8H2,1-2H3. The van der Waals surface area contributed by atoms with Crippen LogP contribution in [0.5, 0.6) is 0 Å². The molecule has 0 aromatic carbocycles. The first-order valence-corrected chi connectivity index (χ1v) is 6.59. The van der Waals surface area contributed by atoms with E-state index in [0.717, 1.165) is 11.2 Å². The maximum atomic E-state index is 11.6. The van der Waals surface area contributed by atoms with Gasteiger partial charge in [-0.05, 0) is 18.8 Å². The summed E-state index contributed by atoms with van der Waals surface area (Å²) in [5.74, 6) is 1.06. The minimum absolute atomic E-state index is 0.279. The van der Waals surface area contributed by atoms with Crippen LogP contribution in [0.15, 0.2) is 0 Å². The molecule has 1 aliphatic carbocycles. The summed E-state index contributed by atoms with van der Waals surface area (Å²) < 4.78 is 0. The first-order chi connectivity index (χ1) is 6.65. The van der Waals surface area contributed by atoms with Crippen molar-refractivity contribution in [1.29, 1.82) is 0 Å². The van der Waals surface area contributed by atoms with Crippen LogP contribution >= 0.6 is 15.9 Å². The van der Waals surface area contributed by atoms with Crippen molar-refractivity contribution in [2.75, 3.05) is 12.4 Å². The smallest absolute Gasteiger partial charge is 0.223 e. The van der Waals surface area contributed by atoms with Crippen LogP contribution in [0.3, 0.4) is 0 Å². The fraction of sp³-hybridized carbons (Fsp3) is 0.909. The van der Waals surface area contributed by atoms with E-state index in [4.69, 9.17) is 0 Å².